The minimum atomic E-state index is -0.943. The molecule has 1 saturated carbocycles. The van der Waals surface area contributed by atoms with Crippen molar-refractivity contribution >= 4 is 5.97 Å². The number of carboxylic acid groups (broad SMARTS) is 1. The molecule has 2 aliphatic rings. The number of hydrogen-bond acceptors (Lipinski definition) is 3. The maximum absolute atomic E-state index is 11.5. The summed E-state index contributed by atoms with van der Waals surface area (Å²) < 4.78 is 1.74. The van der Waals surface area contributed by atoms with Gasteiger partial charge >= 0.3 is 5.97 Å². The van der Waals surface area contributed by atoms with E-state index in [-0.39, 0.29) is 5.69 Å². The molecule has 2 heterocycles. The van der Waals surface area contributed by atoms with Gasteiger partial charge in [-0.2, -0.15) is 5.10 Å². The summed E-state index contributed by atoms with van der Waals surface area (Å²) in [7, 11) is 0. The summed E-state index contributed by atoms with van der Waals surface area (Å²) in [5.74, 6) is 0.384. The predicted molar refractivity (Wildman–Crippen MR) is 76.7 cm³/mol. The van der Waals surface area contributed by atoms with Gasteiger partial charge < -0.3 is 5.11 Å². The Morgan fingerprint density at radius 1 is 1.52 bits per heavy atom. The minimum absolute atomic E-state index is 0.197. The Morgan fingerprint density at radius 3 is 3.05 bits per heavy atom. The Labute approximate surface area is 122 Å². The van der Waals surface area contributed by atoms with Crippen LogP contribution in [0.3, 0.4) is 0 Å². The monoisotopic (exact) mass is 283 g/mol. The number of carboxylic acids is 1. The molecule has 21 heavy (non-hydrogen) atoms. The Morgan fingerprint density at radius 2 is 2.33 bits per heavy atom. The summed E-state index contributed by atoms with van der Waals surface area (Å²) in [5.41, 5.74) is 3.55. The van der Waals surface area contributed by atoms with Crippen molar-refractivity contribution in [1.82, 2.24) is 14.8 Å². The third kappa shape index (κ3) is 1.80. The molecule has 0 bridgehead atoms. The number of carbonyl (C=O) groups is 1. The van der Waals surface area contributed by atoms with Crippen molar-refractivity contribution < 1.29 is 9.90 Å². The first-order valence-corrected chi connectivity index (χ1v) is 7.25. The quantitative estimate of drug-likeness (QED) is 0.919. The topological polar surface area (TPSA) is 68.0 Å². The molecule has 0 aliphatic heterocycles. The fraction of sp³-hybridized carbons (Fsp3) is 0.438. The predicted octanol–water partition coefficient (Wildman–Crippen LogP) is 2.40. The van der Waals surface area contributed by atoms with Crippen LogP contribution in [-0.2, 0) is 12.8 Å². The smallest absolute Gasteiger partial charge is 0.356 e. The van der Waals surface area contributed by atoms with Crippen molar-refractivity contribution in [3.05, 3.63) is 40.8 Å². The molecule has 0 spiro atoms. The van der Waals surface area contributed by atoms with E-state index in [0.29, 0.717) is 17.2 Å². The fourth-order valence-corrected chi connectivity index (χ4v) is 3.55. The number of aryl methyl sites for hydroxylation is 1. The van der Waals surface area contributed by atoms with Gasteiger partial charge in [-0.15, -0.1) is 0 Å². The van der Waals surface area contributed by atoms with Gasteiger partial charge in [-0.05, 0) is 55.2 Å². The van der Waals surface area contributed by atoms with Crippen LogP contribution in [0.25, 0.3) is 5.82 Å². The highest BCUT2D eigenvalue weighted by molar-refractivity contribution is 5.87. The van der Waals surface area contributed by atoms with E-state index in [1.165, 1.54) is 6.42 Å². The summed E-state index contributed by atoms with van der Waals surface area (Å²) >= 11 is 0. The molecular weight excluding hydrogens is 266 g/mol. The Kier molecular flexibility index (Phi) is 2.35. The van der Waals surface area contributed by atoms with Crippen LogP contribution in [0.1, 0.15) is 40.7 Å². The summed E-state index contributed by atoms with van der Waals surface area (Å²) in [6, 6.07) is 3.87. The maximum atomic E-state index is 11.5. The molecule has 0 saturated heterocycles. The molecule has 1 N–H and O–H groups in total. The van der Waals surface area contributed by atoms with Crippen LogP contribution in [0.2, 0.25) is 0 Å². The first kappa shape index (κ1) is 12.6. The van der Waals surface area contributed by atoms with Gasteiger partial charge in [-0.25, -0.2) is 14.5 Å². The number of pyridine rings is 1. The maximum Gasteiger partial charge on any atom is 0.356 e. The van der Waals surface area contributed by atoms with Crippen LogP contribution < -0.4 is 0 Å². The standard InChI is InChI=1S/C16H17N3O2/c1-9-3-4-17-13(5-9)19-12-8-16(2)7-10(16)6-11(12)14(18-19)15(20)21/h3-5,10H,6-8H2,1-2H3,(H,20,21). The number of aromatic carboxylic acids is 1. The largest absolute Gasteiger partial charge is 0.476 e. The SMILES string of the molecule is Cc1ccnc(-n2nc(C(=O)O)c3c2CC2(C)CC2C3)c1. The second kappa shape index (κ2) is 3.93. The third-order valence-electron chi connectivity index (χ3n) is 4.97. The van der Waals surface area contributed by atoms with Crippen molar-refractivity contribution in [3.8, 4) is 5.82 Å². The summed E-state index contributed by atoms with van der Waals surface area (Å²) in [4.78, 5) is 15.8. The lowest BCUT2D eigenvalue weighted by atomic mass is 9.87. The molecule has 2 aromatic heterocycles. The van der Waals surface area contributed by atoms with Crippen molar-refractivity contribution in [3.63, 3.8) is 0 Å². The average molecular weight is 283 g/mol. The molecule has 4 rings (SSSR count). The van der Waals surface area contributed by atoms with E-state index in [1.54, 1.807) is 10.9 Å². The second-order valence-corrected chi connectivity index (χ2v) is 6.62. The van der Waals surface area contributed by atoms with E-state index in [4.69, 9.17) is 0 Å². The van der Waals surface area contributed by atoms with E-state index in [1.807, 2.05) is 19.1 Å². The van der Waals surface area contributed by atoms with Gasteiger partial charge in [-0.3, -0.25) is 0 Å². The highest BCUT2D eigenvalue weighted by Gasteiger charge is 2.54. The average Bonchev–Trinajstić information content (AvgIpc) is 2.94. The number of fused-ring (bicyclic) bond motifs is 2. The molecule has 2 aliphatic carbocycles. The van der Waals surface area contributed by atoms with Crippen LogP contribution in [0.4, 0.5) is 0 Å². The van der Waals surface area contributed by atoms with Gasteiger partial charge in [0.25, 0.3) is 0 Å². The van der Waals surface area contributed by atoms with Gasteiger partial charge in [0, 0.05) is 11.8 Å². The van der Waals surface area contributed by atoms with E-state index in [0.717, 1.165) is 29.7 Å². The zero-order chi connectivity index (χ0) is 14.8. The molecule has 108 valence electrons. The highest BCUT2D eigenvalue weighted by atomic mass is 16.4. The molecule has 5 nitrogen and oxygen atoms in total. The first-order chi connectivity index (χ1) is 9.98. The molecule has 0 aromatic carbocycles. The van der Waals surface area contributed by atoms with Gasteiger partial charge in [0.15, 0.2) is 11.5 Å². The third-order valence-corrected chi connectivity index (χ3v) is 4.97. The van der Waals surface area contributed by atoms with Crippen LogP contribution >= 0.6 is 0 Å². The van der Waals surface area contributed by atoms with Crippen LogP contribution in [0, 0.1) is 18.3 Å². The summed E-state index contributed by atoms with van der Waals surface area (Å²) in [6.07, 6.45) is 4.65. The second-order valence-electron chi connectivity index (χ2n) is 6.62. The van der Waals surface area contributed by atoms with Gasteiger partial charge in [0.05, 0.1) is 5.69 Å². The minimum Gasteiger partial charge on any atom is -0.476 e. The van der Waals surface area contributed by atoms with Crippen LogP contribution in [0.15, 0.2) is 18.3 Å². The van der Waals surface area contributed by atoms with Crippen LogP contribution in [0.5, 0.6) is 0 Å². The number of aromatic nitrogens is 3. The zero-order valence-corrected chi connectivity index (χ0v) is 12.1. The molecular formula is C16H17N3O2. The number of nitrogens with zero attached hydrogens (tertiary/aromatic N) is 3. The highest BCUT2D eigenvalue weighted by Crippen LogP contribution is 2.59. The molecule has 2 aromatic rings. The molecule has 0 amide bonds. The first-order valence-electron chi connectivity index (χ1n) is 7.25. The lowest BCUT2D eigenvalue weighted by Crippen LogP contribution is -2.17. The molecule has 0 radical (unpaired) electrons. The zero-order valence-electron chi connectivity index (χ0n) is 12.1. The van der Waals surface area contributed by atoms with Crippen molar-refractivity contribution in [2.24, 2.45) is 11.3 Å². The molecule has 5 heteroatoms. The Hall–Kier alpha value is -2.17. The van der Waals surface area contributed by atoms with Crippen molar-refractivity contribution in [2.75, 3.05) is 0 Å². The van der Waals surface area contributed by atoms with Crippen molar-refractivity contribution in [2.45, 2.75) is 33.1 Å². The lowest BCUT2D eigenvalue weighted by molar-refractivity contribution is 0.0688. The summed E-state index contributed by atoms with van der Waals surface area (Å²) in [6.45, 7) is 4.28. The Bertz CT molecular complexity index is 765. The van der Waals surface area contributed by atoms with E-state index in [2.05, 4.69) is 17.0 Å². The summed E-state index contributed by atoms with van der Waals surface area (Å²) in [5, 5.41) is 13.8. The number of rotatable bonds is 2. The normalized spacial score (nSPS) is 26.1. The van der Waals surface area contributed by atoms with Crippen LogP contribution in [-0.4, -0.2) is 25.8 Å². The van der Waals surface area contributed by atoms with Gasteiger partial charge in [0.1, 0.15) is 0 Å². The number of hydrogen-bond donors (Lipinski definition) is 1. The van der Waals surface area contributed by atoms with Crippen molar-refractivity contribution in [1.29, 1.82) is 0 Å². The van der Waals surface area contributed by atoms with E-state index >= 15 is 0 Å². The lowest BCUT2D eigenvalue weighted by Gasteiger charge is -2.19. The van der Waals surface area contributed by atoms with Gasteiger partial charge in [0.2, 0.25) is 0 Å². The Balaban J connectivity index is 1.90. The van der Waals surface area contributed by atoms with E-state index < -0.39 is 5.97 Å². The molecule has 1 fully saturated rings. The van der Waals surface area contributed by atoms with E-state index in [9.17, 15) is 9.90 Å². The van der Waals surface area contributed by atoms with Gasteiger partial charge in [-0.1, -0.05) is 6.92 Å². The fourth-order valence-electron chi connectivity index (χ4n) is 3.55. The molecule has 2 atom stereocenters. The molecule has 2 unspecified atom stereocenters.